The number of esters is 2. The van der Waals surface area contributed by atoms with Crippen LogP contribution in [0.4, 0.5) is 0 Å². The number of carbonyl (C=O) groups is 2. The molecule has 0 aliphatic heterocycles. The van der Waals surface area contributed by atoms with Gasteiger partial charge in [0, 0.05) is 6.92 Å². The first-order chi connectivity index (χ1) is 31.7. The standard InChI is InChI=1S/C24H38O2.C19H36O2.C17H34O/c1-3-4-5-6-7-8-9-10-11-12-13-14-16-19-22(2)26-24(25)23-20-17-15-18-21-23;1-4-5-6-7-8-9-10-11-12-13-14-15-16-17-18(2)21-19(3)20;1-3-4-5-6-7-8-9-10-11-12-13-14-15-16-17(2)18/h6-7,15,17-18,20-22H,3-5,8-14,16,19H2,1-2H3;7-8,18H,4-6,9-17H2,1-3H3;6-7,17-18H,3-5,8-16H2,1-2H3/b7-6-;8-7-;7-6-/t22-;18-;17-/m100/s1. The summed E-state index contributed by atoms with van der Waals surface area (Å²) < 4.78 is 10.6. The van der Waals surface area contributed by atoms with Gasteiger partial charge in [-0.1, -0.05) is 217 Å². The largest absolute Gasteiger partial charge is 0.463 e. The number of aliphatic hydroxyl groups is 1. The molecule has 0 aliphatic carbocycles. The Kier molecular flexibility index (Phi) is 53.5. The van der Waals surface area contributed by atoms with Gasteiger partial charge in [0.25, 0.3) is 0 Å². The molecule has 0 saturated heterocycles. The predicted molar refractivity (Wildman–Crippen MR) is 285 cm³/mol. The third-order valence-corrected chi connectivity index (χ3v) is 11.8. The molecule has 0 saturated carbocycles. The minimum absolute atomic E-state index is 0.00204. The minimum atomic E-state index is -0.207. The molecule has 1 rings (SSSR count). The molecule has 0 radical (unpaired) electrons. The number of aliphatic hydroxyl groups excluding tert-OH is 1. The van der Waals surface area contributed by atoms with Gasteiger partial charge >= 0.3 is 11.9 Å². The Bertz CT molecular complexity index is 1190. The molecule has 1 N–H and O–H groups in total. The molecule has 0 unspecified atom stereocenters. The van der Waals surface area contributed by atoms with Gasteiger partial charge in [-0.3, -0.25) is 4.79 Å². The Hall–Kier alpha value is -2.66. The van der Waals surface area contributed by atoms with Crippen molar-refractivity contribution in [3.05, 3.63) is 72.4 Å². The van der Waals surface area contributed by atoms with E-state index in [1.165, 1.54) is 212 Å². The fourth-order valence-electron chi connectivity index (χ4n) is 7.64. The van der Waals surface area contributed by atoms with Crippen molar-refractivity contribution < 1.29 is 24.2 Å². The molecule has 0 aromatic heterocycles. The zero-order valence-electron chi connectivity index (χ0n) is 44.1. The van der Waals surface area contributed by atoms with E-state index in [2.05, 4.69) is 57.2 Å². The second kappa shape index (κ2) is 54.0. The van der Waals surface area contributed by atoms with Crippen LogP contribution in [0.2, 0.25) is 0 Å². The number of rotatable bonds is 42. The second-order valence-corrected chi connectivity index (χ2v) is 18.8. The van der Waals surface area contributed by atoms with Crippen LogP contribution in [0.1, 0.15) is 290 Å². The molecule has 5 nitrogen and oxygen atoms in total. The molecule has 0 heterocycles. The number of ether oxygens (including phenoxy) is 2. The summed E-state index contributed by atoms with van der Waals surface area (Å²) in [5.74, 6) is -0.368. The first kappa shape index (κ1) is 64.4. The van der Waals surface area contributed by atoms with Gasteiger partial charge in [0.05, 0.1) is 23.9 Å². The lowest BCUT2D eigenvalue weighted by atomic mass is 10.1. The topological polar surface area (TPSA) is 72.8 Å². The van der Waals surface area contributed by atoms with Gasteiger partial charge in [-0.25, -0.2) is 4.79 Å². The number of hydrogen-bond donors (Lipinski definition) is 1. The third-order valence-electron chi connectivity index (χ3n) is 11.8. The van der Waals surface area contributed by atoms with E-state index >= 15 is 0 Å². The van der Waals surface area contributed by atoms with Gasteiger partial charge in [0.15, 0.2) is 0 Å². The summed E-state index contributed by atoms with van der Waals surface area (Å²) in [7, 11) is 0. The van der Waals surface area contributed by atoms with Crippen LogP contribution >= 0.6 is 0 Å². The van der Waals surface area contributed by atoms with E-state index in [1.807, 2.05) is 39.0 Å². The second-order valence-electron chi connectivity index (χ2n) is 18.8. The van der Waals surface area contributed by atoms with Crippen molar-refractivity contribution in [3.8, 4) is 0 Å². The average Bonchev–Trinajstić information content (AvgIpc) is 3.28. The molecule has 0 spiro atoms. The lowest BCUT2D eigenvalue weighted by Gasteiger charge is -2.13. The fraction of sp³-hybridized carbons (Fsp3) is 0.767. The number of carbonyl (C=O) groups excluding carboxylic acids is 2. The van der Waals surface area contributed by atoms with Crippen LogP contribution in [0.3, 0.4) is 0 Å². The number of hydrogen-bond acceptors (Lipinski definition) is 5. The van der Waals surface area contributed by atoms with E-state index in [4.69, 9.17) is 14.6 Å². The number of unbranched alkanes of at least 4 members (excludes halogenated alkanes) is 27. The van der Waals surface area contributed by atoms with Gasteiger partial charge in [0.2, 0.25) is 0 Å². The van der Waals surface area contributed by atoms with Crippen LogP contribution in [0.25, 0.3) is 0 Å². The van der Waals surface area contributed by atoms with Crippen LogP contribution in [0, 0.1) is 0 Å². The molecule has 3 atom stereocenters. The van der Waals surface area contributed by atoms with Gasteiger partial charge in [0.1, 0.15) is 0 Å². The maximum absolute atomic E-state index is 12.0. The lowest BCUT2D eigenvalue weighted by Crippen LogP contribution is -2.14. The van der Waals surface area contributed by atoms with Crippen LogP contribution in [0.15, 0.2) is 66.8 Å². The number of benzene rings is 1. The normalized spacial score (nSPS) is 12.7. The quantitative estimate of drug-likeness (QED) is 0.0402. The minimum Gasteiger partial charge on any atom is -0.463 e. The molecule has 0 aliphatic rings. The average molecular weight is 910 g/mol. The first-order valence-electron chi connectivity index (χ1n) is 27.7. The Labute approximate surface area is 404 Å². The van der Waals surface area contributed by atoms with Crippen molar-refractivity contribution in [3.63, 3.8) is 0 Å². The predicted octanol–water partition coefficient (Wildman–Crippen LogP) is 19.3. The zero-order valence-corrected chi connectivity index (χ0v) is 44.1. The summed E-state index contributed by atoms with van der Waals surface area (Å²) in [6, 6.07) is 9.24. The van der Waals surface area contributed by atoms with E-state index in [0.717, 1.165) is 25.7 Å². The highest BCUT2D eigenvalue weighted by molar-refractivity contribution is 5.89. The van der Waals surface area contributed by atoms with Crippen molar-refractivity contribution >= 4 is 11.9 Å². The summed E-state index contributed by atoms with van der Waals surface area (Å²) >= 11 is 0. The molecule has 1 aromatic carbocycles. The Morgan fingerprint density at radius 3 is 1.05 bits per heavy atom. The summed E-state index contributed by atoms with van der Waals surface area (Å²) in [5.41, 5.74) is 0.638. The summed E-state index contributed by atoms with van der Waals surface area (Å²) in [4.78, 5) is 22.7. The van der Waals surface area contributed by atoms with Crippen molar-refractivity contribution in [2.45, 2.75) is 298 Å². The monoisotopic (exact) mass is 909 g/mol. The summed E-state index contributed by atoms with van der Waals surface area (Å²) in [6.45, 7) is 14.1. The van der Waals surface area contributed by atoms with Crippen molar-refractivity contribution in [1.29, 1.82) is 0 Å². The van der Waals surface area contributed by atoms with Crippen LogP contribution in [0.5, 0.6) is 0 Å². The molecule has 0 amide bonds. The zero-order chi connectivity index (χ0) is 48.1. The van der Waals surface area contributed by atoms with Gasteiger partial charge in [-0.2, -0.15) is 0 Å². The van der Waals surface area contributed by atoms with E-state index in [1.54, 1.807) is 12.1 Å². The van der Waals surface area contributed by atoms with E-state index < -0.39 is 0 Å². The number of allylic oxidation sites excluding steroid dienone is 6. The molecule has 1 aromatic rings. The smallest absolute Gasteiger partial charge is 0.338 e. The molecule has 378 valence electrons. The molecule has 5 heteroatoms. The van der Waals surface area contributed by atoms with Gasteiger partial charge in [-0.05, 0) is 123 Å². The van der Waals surface area contributed by atoms with Gasteiger partial charge < -0.3 is 14.6 Å². The van der Waals surface area contributed by atoms with Crippen molar-refractivity contribution in [1.82, 2.24) is 0 Å². The highest BCUT2D eigenvalue weighted by Crippen LogP contribution is 2.15. The van der Waals surface area contributed by atoms with Crippen LogP contribution in [-0.2, 0) is 14.3 Å². The van der Waals surface area contributed by atoms with Gasteiger partial charge in [-0.15, -0.1) is 0 Å². The molecule has 0 fully saturated rings. The van der Waals surface area contributed by atoms with E-state index in [0.29, 0.717) is 5.56 Å². The summed E-state index contributed by atoms with van der Waals surface area (Å²) in [6.07, 6.45) is 60.0. The van der Waals surface area contributed by atoms with Crippen molar-refractivity contribution in [2.24, 2.45) is 0 Å². The summed E-state index contributed by atoms with van der Waals surface area (Å²) in [5, 5.41) is 9.12. The SMILES string of the molecule is CCCC/C=C\CCCCCCCCC[C@@H](C)OC(=O)c1ccccc1.CCCC/C=C\CCCCCCCCC[C@H](C)O.CCCC/C=C\CCCCCCCCC[C@H](C)OC(C)=O. The van der Waals surface area contributed by atoms with Crippen molar-refractivity contribution in [2.75, 3.05) is 0 Å². The molecule has 0 bridgehead atoms. The maximum Gasteiger partial charge on any atom is 0.338 e. The lowest BCUT2D eigenvalue weighted by molar-refractivity contribution is -0.145. The van der Waals surface area contributed by atoms with E-state index in [9.17, 15) is 9.59 Å². The van der Waals surface area contributed by atoms with Crippen LogP contribution in [-0.4, -0.2) is 35.4 Å². The Morgan fingerprint density at radius 2 is 0.723 bits per heavy atom. The molecular formula is C60H108O5. The molecule has 65 heavy (non-hydrogen) atoms. The highest BCUT2D eigenvalue weighted by atomic mass is 16.5. The third kappa shape index (κ3) is 55.6. The van der Waals surface area contributed by atoms with Crippen LogP contribution < -0.4 is 0 Å². The first-order valence-corrected chi connectivity index (χ1v) is 27.7. The van der Waals surface area contributed by atoms with E-state index in [-0.39, 0.29) is 30.3 Å². The fourth-order valence-corrected chi connectivity index (χ4v) is 7.64. The highest BCUT2D eigenvalue weighted by Gasteiger charge is 2.11. The maximum atomic E-state index is 12.0. The Morgan fingerprint density at radius 1 is 0.431 bits per heavy atom. The molecular weight excluding hydrogens is 801 g/mol. The Balaban J connectivity index is 0.